The smallest absolute Gasteiger partial charge is 0.222 e. The molecule has 1 unspecified atom stereocenters. The molecule has 0 saturated heterocycles. The lowest BCUT2D eigenvalue weighted by molar-refractivity contribution is -0.123. The average Bonchev–Trinajstić information content (AvgIpc) is 2.93. The summed E-state index contributed by atoms with van der Waals surface area (Å²) in [6.07, 6.45) is 0.210. The first kappa shape index (κ1) is 13.8. The summed E-state index contributed by atoms with van der Waals surface area (Å²) in [5, 5.41) is 14.8. The first-order chi connectivity index (χ1) is 9.25. The molecule has 2 aromatic rings. The molecule has 0 aliphatic rings. The van der Waals surface area contributed by atoms with Gasteiger partial charge in [-0.2, -0.15) is 0 Å². The number of rotatable bonds is 6. The van der Waals surface area contributed by atoms with E-state index in [1.807, 2.05) is 41.8 Å². The van der Waals surface area contributed by atoms with E-state index in [2.05, 4.69) is 11.4 Å². The van der Waals surface area contributed by atoms with Crippen LogP contribution in [0.2, 0.25) is 0 Å². The fourth-order valence-corrected chi connectivity index (χ4v) is 2.53. The number of benzene rings is 1. The first-order valence-corrected chi connectivity index (χ1v) is 7.16. The number of hydrogen-bond acceptors (Lipinski definition) is 3. The van der Waals surface area contributed by atoms with Crippen LogP contribution in [0.15, 0.2) is 47.8 Å². The Kier molecular flexibility index (Phi) is 5.12. The van der Waals surface area contributed by atoms with Crippen molar-refractivity contribution in [3.8, 4) is 0 Å². The monoisotopic (exact) mass is 275 g/mol. The molecule has 1 heterocycles. The lowest BCUT2D eigenvalue weighted by atomic mass is 10.1. The third-order valence-corrected chi connectivity index (χ3v) is 3.77. The number of carbonyl (C=O) groups is 1. The third-order valence-electron chi connectivity index (χ3n) is 2.84. The van der Waals surface area contributed by atoms with E-state index in [1.165, 1.54) is 4.88 Å². The molecule has 4 heteroatoms. The SMILES string of the molecule is O=C(CC(O)c1ccccc1)NCCc1cccs1. The van der Waals surface area contributed by atoms with Gasteiger partial charge in [0.15, 0.2) is 0 Å². The highest BCUT2D eigenvalue weighted by molar-refractivity contribution is 7.09. The summed E-state index contributed by atoms with van der Waals surface area (Å²) in [7, 11) is 0. The second kappa shape index (κ2) is 7.07. The Hall–Kier alpha value is -1.65. The quantitative estimate of drug-likeness (QED) is 0.851. The maximum Gasteiger partial charge on any atom is 0.222 e. The van der Waals surface area contributed by atoms with Crippen LogP contribution in [0, 0.1) is 0 Å². The van der Waals surface area contributed by atoms with Gasteiger partial charge in [0, 0.05) is 11.4 Å². The molecule has 0 aliphatic carbocycles. The van der Waals surface area contributed by atoms with Gasteiger partial charge in [-0.15, -0.1) is 11.3 Å². The first-order valence-electron chi connectivity index (χ1n) is 6.28. The van der Waals surface area contributed by atoms with Crippen LogP contribution in [-0.4, -0.2) is 17.6 Å². The largest absolute Gasteiger partial charge is 0.388 e. The highest BCUT2D eigenvalue weighted by atomic mass is 32.1. The van der Waals surface area contributed by atoms with E-state index >= 15 is 0 Å². The second-order valence-corrected chi connectivity index (χ2v) is 5.34. The molecule has 19 heavy (non-hydrogen) atoms. The van der Waals surface area contributed by atoms with E-state index < -0.39 is 6.10 Å². The fraction of sp³-hybridized carbons (Fsp3) is 0.267. The van der Waals surface area contributed by atoms with E-state index in [1.54, 1.807) is 11.3 Å². The van der Waals surface area contributed by atoms with Gasteiger partial charge in [0.25, 0.3) is 0 Å². The van der Waals surface area contributed by atoms with Crippen LogP contribution in [-0.2, 0) is 11.2 Å². The summed E-state index contributed by atoms with van der Waals surface area (Å²) in [6, 6.07) is 13.3. The Morgan fingerprint density at radius 1 is 1.21 bits per heavy atom. The number of aliphatic hydroxyl groups excluding tert-OH is 1. The zero-order chi connectivity index (χ0) is 13.5. The van der Waals surface area contributed by atoms with Crippen LogP contribution in [0.3, 0.4) is 0 Å². The van der Waals surface area contributed by atoms with Gasteiger partial charge < -0.3 is 10.4 Å². The van der Waals surface area contributed by atoms with Crippen molar-refractivity contribution < 1.29 is 9.90 Å². The molecule has 1 aromatic carbocycles. The number of carbonyl (C=O) groups excluding carboxylic acids is 1. The van der Waals surface area contributed by atoms with Gasteiger partial charge in [-0.3, -0.25) is 4.79 Å². The summed E-state index contributed by atoms with van der Waals surface area (Å²) >= 11 is 1.68. The van der Waals surface area contributed by atoms with Crippen LogP contribution in [0.4, 0.5) is 0 Å². The number of amides is 1. The minimum absolute atomic E-state index is 0.106. The van der Waals surface area contributed by atoms with Gasteiger partial charge in [-0.25, -0.2) is 0 Å². The molecule has 1 aromatic heterocycles. The highest BCUT2D eigenvalue weighted by Gasteiger charge is 2.12. The molecule has 2 rings (SSSR count). The van der Waals surface area contributed by atoms with Crippen molar-refractivity contribution in [2.45, 2.75) is 18.9 Å². The number of aliphatic hydroxyl groups is 1. The highest BCUT2D eigenvalue weighted by Crippen LogP contribution is 2.15. The number of thiophene rings is 1. The van der Waals surface area contributed by atoms with Gasteiger partial charge in [-0.1, -0.05) is 36.4 Å². The molecule has 1 amide bonds. The number of hydrogen-bond donors (Lipinski definition) is 2. The summed E-state index contributed by atoms with van der Waals surface area (Å²) in [5.74, 6) is -0.118. The van der Waals surface area contributed by atoms with E-state index in [-0.39, 0.29) is 12.3 Å². The lowest BCUT2D eigenvalue weighted by Crippen LogP contribution is -2.26. The Morgan fingerprint density at radius 2 is 2.00 bits per heavy atom. The van der Waals surface area contributed by atoms with E-state index in [9.17, 15) is 9.90 Å². The molecular formula is C15H17NO2S. The zero-order valence-corrected chi connectivity index (χ0v) is 11.4. The van der Waals surface area contributed by atoms with Crippen LogP contribution >= 0.6 is 11.3 Å². The molecule has 0 spiro atoms. The average molecular weight is 275 g/mol. The van der Waals surface area contributed by atoms with E-state index in [4.69, 9.17) is 0 Å². The lowest BCUT2D eigenvalue weighted by Gasteiger charge is -2.10. The van der Waals surface area contributed by atoms with Gasteiger partial charge in [-0.05, 0) is 23.4 Å². The van der Waals surface area contributed by atoms with Crippen LogP contribution in [0.25, 0.3) is 0 Å². The van der Waals surface area contributed by atoms with E-state index in [0.29, 0.717) is 6.54 Å². The van der Waals surface area contributed by atoms with Crippen molar-refractivity contribution in [3.05, 3.63) is 58.3 Å². The van der Waals surface area contributed by atoms with E-state index in [0.717, 1.165) is 12.0 Å². The Labute approximate surface area is 116 Å². The maximum absolute atomic E-state index is 11.7. The van der Waals surface area contributed by atoms with Gasteiger partial charge >= 0.3 is 0 Å². The summed E-state index contributed by atoms with van der Waals surface area (Å²) < 4.78 is 0. The standard InChI is InChI=1S/C15H17NO2S/c17-14(12-5-2-1-3-6-12)11-15(18)16-9-8-13-7-4-10-19-13/h1-7,10,14,17H,8-9,11H2,(H,16,18). The molecule has 0 aliphatic heterocycles. The molecule has 2 N–H and O–H groups in total. The molecule has 3 nitrogen and oxygen atoms in total. The third kappa shape index (κ3) is 4.50. The summed E-state index contributed by atoms with van der Waals surface area (Å²) in [6.45, 7) is 0.612. The minimum atomic E-state index is -0.733. The predicted molar refractivity (Wildman–Crippen MR) is 77.1 cm³/mol. The van der Waals surface area contributed by atoms with Gasteiger partial charge in [0.05, 0.1) is 12.5 Å². The molecule has 1 atom stereocenters. The zero-order valence-electron chi connectivity index (χ0n) is 10.6. The van der Waals surface area contributed by atoms with Crippen molar-refractivity contribution in [2.24, 2.45) is 0 Å². The van der Waals surface area contributed by atoms with Crippen LogP contribution in [0.1, 0.15) is 23.0 Å². The fourth-order valence-electron chi connectivity index (χ4n) is 1.82. The molecule has 0 radical (unpaired) electrons. The predicted octanol–water partition coefficient (Wildman–Crippen LogP) is 2.53. The summed E-state index contributed by atoms with van der Waals surface area (Å²) in [5.41, 5.74) is 0.774. The van der Waals surface area contributed by atoms with Crippen molar-refractivity contribution in [1.29, 1.82) is 0 Å². The molecular weight excluding hydrogens is 258 g/mol. The van der Waals surface area contributed by atoms with Crippen LogP contribution < -0.4 is 5.32 Å². The van der Waals surface area contributed by atoms with Crippen molar-refractivity contribution in [3.63, 3.8) is 0 Å². The van der Waals surface area contributed by atoms with Crippen molar-refractivity contribution in [1.82, 2.24) is 5.32 Å². The normalized spacial score (nSPS) is 12.1. The topological polar surface area (TPSA) is 49.3 Å². The molecule has 0 saturated carbocycles. The number of nitrogens with one attached hydrogen (secondary N) is 1. The minimum Gasteiger partial charge on any atom is -0.388 e. The van der Waals surface area contributed by atoms with Crippen LogP contribution in [0.5, 0.6) is 0 Å². The summed E-state index contributed by atoms with van der Waals surface area (Å²) in [4.78, 5) is 12.9. The Bertz CT molecular complexity index is 496. The van der Waals surface area contributed by atoms with Gasteiger partial charge in [0.1, 0.15) is 0 Å². The maximum atomic E-state index is 11.7. The Morgan fingerprint density at radius 3 is 2.68 bits per heavy atom. The molecule has 100 valence electrons. The Balaban J connectivity index is 1.72. The molecule has 0 fully saturated rings. The second-order valence-electron chi connectivity index (χ2n) is 4.31. The van der Waals surface area contributed by atoms with Crippen molar-refractivity contribution >= 4 is 17.2 Å². The van der Waals surface area contributed by atoms with Gasteiger partial charge in [0.2, 0.25) is 5.91 Å². The van der Waals surface area contributed by atoms with Crippen molar-refractivity contribution in [2.75, 3.05) is 6.54 Å². The molecule has 0 bridgehead atoms.